The summed E-state index contributed by atoms with van der Waals surface area (Å²) in [5.74, 6) is -5.92. The number of rotatable bonds is 26. The summed E-state index contributed by atoms with van der Waals surface area (Å²) in [4.78, 5) is 88.9. The monoisotopic (exact) mass is 1980 g/mol. The number of nitrogens with two attached hydrogens (primary N) is 1. The summed E-state index contributed by atoms with van der Waals surface area (Å²) in [7, 11) is 11.0. The van der Waals surface area contributed by atoms with Gasteiger partial charge in [-0.3, -0.25) is 64.0 Å². The average molecular weight is 1980 g/mol. The first-order chi connectivity index (χ1) is 66.8. The molecule has 17 rings (SSSR count). The van der Waals surface area contributed by atoms with E-state index in [2.05, 4.69) is 157 Å². The normalized spacial score (nSPS) is 14.3. The summed E-state index contributed by atoms with van der Waals surface area (Å²) in [6, 6.07) is 39.5. The fourth-order valence-corrected chi connectivity index (χ4v) is 17.2. The molecule has 0 radical (unpaired) electrons. The molecule has 0 atom stereocenters. The number of aromatic carboxylic acids is 1. The van der Waals surface area contributed by atoms with Gasteiger partial charge in [0.2, 0.25) is 0 Å². The van der Waals surface area contributed by atoms with Crippen molar-refractivity contribution < 1.29 is 83.7 Å². The molecule has 36 heteroatoms. The SMILES string of the molecule is C.C.C.C.C.COc1cc(OC)c(F)c(-c2ccc(C(=O)Nc3ccc(CN4CCNCC4(C)C)cn3)c3nccnc23)c1F.COc1cc(OC)c(F)c(-c2ccc(C(=O)O)c3nccnc23)c1F.COc1ccc(CN2CCN(Cc3ccc(N)nc3)C(C)(C)C2)cc1.COc1ccc(CN2CCN(Cc3ccc(NC(=O)c4ccc(-c5c(F)c(OC)cc(OC)c5F)c5nccnc45)nc3)C(C)(C)C2)cc1. The number of methoxy groups -OCH3 is 8. The molecule has 30 nitrogen and oxygen atoms in total. The van der Waals surface area contributed by atoms with Gasteiger partial charge in [0, 0.05) is 199 Å². The molecule has 0 aliphatic carbocycles. The standard InChI is InChI=1S/C37H38F2N6O4.C29H30F2N6O3.C20H28N4O.C17H12F2N2O4.5CH4/c1-37(2)22-44(20-23-6-9-25(47-3)10-7-23)16-17-45(37)21-24-8-13-30(42-19-24)43-36(46)27-12-11-26(34-35(27)41-15-14-40-34)31-32(38)28(48-4)18-29(49-5)33(31)39;1-29(2)16-32-11-12-37(29)15-17-5-8-22(35-14-17)36-28(38)19-7-6-18(26-27(19)34-10-9-33-26)23-24(30)20(39-3)13-21(40-4)25(23)31;1-20(2)15-23(13-16-4-7-18(25-3)8-5-16)10-11-24(20)14-17-6-9-19(21)22-12-17;1-24-10-7-11(25-2)14(19)12(13(10)18)8-3-4-9(17(22)23)16-15(8)20-5-6-21-16;;;;;/h6-15,18-19H,16-17,20-22H2,1-5H3,(H,42,43,46);5-10,13-14,32H,11-12,15-16H2,1-4H3,(H,35,36,38);4-9,12H,10-11,13-15H2,1-3H3,(H2,21,22);3-7H,1-2H3,(H,22,23);5*1H4. The second kappa shape index (κ2) is 49.7. The van der Waals surface area contributed by atoms with Gasteiger partial charge in [-0.2, -0.15) is 0 Å². The molecule has 14 aromatic rings. The molecule has 0 saturated carbocycles. The van der Waals surface area contributed by atoms with Crippen molar-refractivity contribution in [2.24, 2.45) is 0 Å². The Hall–Kier alpha value is -14.8. The molecule has 3 aliphatic heterocycles. The highest BCUT2D eigenvalue weighted by atomic mass is 19.2. The Labute approximate surface area is 836 Å². The van der Waals surface area contributed by atoms with Gasteiger partial charge in [0.25, 0.3) is 11.8 Å². The van der Waals surface area contributed by atoms with E-state index in [1.807, 2.05) is 48.7 Å². The smallest absolute Gasteiger partial charge is 0.337 e. The lowest BCUT2D eigenvalue weighted by Gasteiger charge is -2.47. The van der Waals surface area contributed by atoms with Crippen molar-refractivity contribution in [1.82, 2.24) is 74.7 Å². The molecule has 6 N–H and O–H groups in total. The molecule has 6 aromatic heterocycles. The molecule has 764 valence electrons. The first-order valence-corrected chi connectivity index (χ1v) is 44.4. The third-order valence-corrected chi connectivity index (χ3v) is 24.6. The second-order valence-corrected chi connectivity index (χ2v) is 35.0. The van der Waals surface area contributed by atoms with Crippen molar-refractivity contribution in [2.75, 3.05) is 132 Å². The number of fused-ring (bicyclic) bond motifs is 3. The molecule has 9 heterocycles. The van der Waals surface area contributed by atoms with Gasteiger partial charge >= 0.3 is 5.97 Å². The first kappa shape index (κ1) is 113. The van der Waals surface area contributed by atoms with Crippen LogP contribution in [0.3, 0.4) is 0 Å². The van der Waals surface area contributed by atoms with Crippen LogP contribution in [0.15, 0.2) is 195 Å². The number of anilines is 3. The van der Waals surface area contributed by atoms with E-state index in [1.54, 1.807) is 38.7 Å². The van der Waals surface area contributed by atoms with Crippen LogP contribution in [0.1, 0.15) is 138 Å². The lowest BCUT2D eigenvalue weighted by atomic mass is 9.97. The highest BCUT2D eigenvalue weighted by molar-refractivity contribution is 6.14. The number of hydrogen-bond donors (Lipinski definition) is 5. The largest absolute Gasteiger partial charge is 0.497 e. The van der Waals surface area contributed by atoms with Crippen LogP contribution in [0.5, 0.6) is 46.0 Å². The zero-order valence-electron chi connectivity index (χ0n) is 79.4. The Morgan fingerprint density at radius 1 is 0.354 bits per heavy atom. The summed E-state index contributed by atoms with van der Waals surface area (Å²) < 4.78 is 132. The molecule has 2 amide bonds. The fourth-order valence-electron chi connectivity index (χ4n) is 17.2. The van der Waals surface area contributed by atoms with E-state index in [0.29, 0.717) is 24.0 Å². The minimum atomic E-state index is -1.22. The number of hydrogen-bond acceptors (Lipinski definition) is 27. The molecule has 8 aromatic carbocycles. The zero-order valence-corrected chi connectivity index (χ0v) is 79.4. The van der Waals surface area contributed by atoms with E-state index < -0.39 is 69.4 Å². The van der Waals surface area contributed by atoms with E-state index in [1.165, 1.54) is 133 Å². The van der Waals surface area contributed by atoms with Crippen LogP contribution in [0.4, 0.5) is 43.8 Å². The van der Waals surface area contributed by atoms with Crippen LogP contribution in [0, 0.1) is 34.9 Å². The summed E-state index contributed by atoms with van der Waals surface area (Å²) in [5, 5.41) is 18.3. The number of ether oxygens (including phenoxy) is 8. The molecular weight excluding hydrogens is 1860 g/mol. The number of carboxylic acids is 1. The Bertz CT molecular complexity index is 6680. The molecular formula is C108H128F6N18O12. The van der Waals surface area contributed by atoms with E-state index in [9.17, 15) is 28.3 Å². The van der Waals surface area contributed by atoms with Gasteiger partial charge in [0.05, 0.1) is 107 Å². The number of carbonyl (C=O) groups excluding carboxylic acids is 2. The Kier molecular flexibility index (Phi) is 39.0. The van der Waals surface area contributed by atoms with Crippen LogP contribution in [-0.2, 0) is 32.7 Å². The number of nitrogen functional groups attached to an aromatic ring is 1. The first-order valence-electron chi connectivity index (χ1n) is 44.4. The maximum atomic E-state index is 15.4. The Balaban J connectivity index is 0.000000220. The number of halogens is 6. The zero-order chi connectivity index (χ0) is 99.1. The molecule has 0 unspecified atom stereocenters. The molecule has 0 spiro atoms. The minimum absolute atomic E-state index is 0. The molecule has 144 heavy (non-hydrogen) atoms. The predicted octanol–water partition coefficient (Wildman–Crippen LogP) is 20.0. The van der Waals surface area contributed by atoms with E-state index in [-0.39, 0.29) is 155 Å². The van der Waals surface area contributed by atoms with Crippen LogP contribution in [0.2, 0.25) is 0 Å². The van der Waals surface area contributed by atoms with Crippen molar-refractivity contribution >= 4 is 68.3 Å². The lowest BCUT2D eigenvalue weighted by molar-refractivity contribution is 0.0102. The Morgan fingerprint density at radius 3 is 0.938 bits per heavy atom. The Morgan fingerprint density at radius 2 is 0.653 bits per heavy atom. The van der Waals surface area contributed by atoms with Crippen molar-refractivity contribution in [3.63, 3.8) is 0 Å². The van der Waals surface area contributed by atoms with Gasteiger partial charge < -0.3 is 64.7 Å². The summed E-state index contributed by atoms with van der Waals surface area (Å²) in [5.41, 5.74) is 11.6. The number of nitrogens with zero attached hydrogens (tertiary/aromatic N) is 14. The van der Waals surface area contributed by atoms with E-state index in [4.69, 9.17) is 43.6 Å². The maximum absolute atomic E-state index is 15.4. The number of amides is 2. The molecule has 3 fully saturated rings. The van der Waals surface area contributed by atoms with Crippen LogP contribution < -0.4 is 59.6 Å². The fraction of sp³-hybridized carbons (Fsp3) is 0.333. The number of benzene rings is 8. The van der Waals surface area contributed by atoms with Crippen LogP contribution >= 0.6 is 0 Å². The highest BCUT2D eigenvalue weighted by Gasteiger charge is 2.38. The van der Waals surface area contributed by atoms with Crippen molar-refractivity contribution in [1.29, 1.82) is 0 Å². The second-order valence-electron chi connectivity index (χ2n) is 35.0. The summed E-state index contributed by atoms with van der Waals surface area (Å²) >= 11 is 0. The molecule has 0 bridgehead atoms. The van der Waals surface area contributed by atoms with Crippen LogP contribution in [-0.4, -0.2) is 225 Å². The third-order valence-electron chi connectivity index (χ3n) is 24.6. The number of nitrogens with one attached hydrogen (secondary N) is 3. The summed E-state index contributed by atoms with van der Waals surface area (Å²) in [6.07, 6.45) is 13.6. The number of piperazine rings is 3. The number of aromatic nitrogens is 9. The maximum Gasteiger partial charge on any atom is 0.337 e. The van der Waals surface area contributed by atoms with Crippen molar-refractivity contribution in [3.8, 4) is 79.4 Å². The highest BCUT2D eigenvalue weighted by Crippen LogP contribution is 2.45. The molecule has 3 aliphatic rings. The van der Waals surface area contributed by atoms with Crippen molar-refractivity contribution in [3.05, 3.63) is 275 Å². The van der Waals surface area contributed by atoms with Gasteiger partial charge in [-0.05, 0) is 130 Å². The number of carboxylic acid groups (broad SMARTS) is 1. The average Bonchev–Trinajstić information content (AvgIpc) is 0.761. The van der Waals surface area contributed by atoms with Gasteiger partial charge in [-0.25, -0.2) is 46.1 Å². The van der Waals surface area contributed by atoms with Gasteiger partial charge in [0.15, 0.2) is 69.4 Å². The third kappa shape index (κ3) is 25.6. The van der Waals surface area contributed by atoms with E-state index >= 15 is 17.6 Å². The quantitative estimate of drug-likeness (QED) is 0.0314. The number of pyridine rings is 3. The molecule has 3 saturated heterocycles. The van der Waals surface area contributed by atoms with Crippen molar-refractivity contribution in [2.45, 2.75) is 128 Å². The summed E-state index contributed by atoms with van der Waals surface area (Å²) in [6.45, 7) is 26.5. The van der Waals surface area contributed by atoms with Gasteiger partial charge in [-0.15, -0.1) is 0 Å². The predicted molar refractivity (Wildman–Crippen MR) is 551 cm³/mol. The number of carbonyl (C=O) groups is 3. The van der Waals surface area contributed by atoms with Crippen LogP contribution in [0.25, 0.3) is 66.5 Å². The van der Waals surface area contributed by atoms with Gasteiger partial charge in [0.1, 0.15) is 45.5 Å². The minimum Gasteiger partial charge on any atom is -0.497 e. The van der Waals surface area contributed by atoms with Gasteiger partial charge in [-0.1, -0.05) is 97.8 Å². The van der Waals surface area contributed by atoms with E-state index in [0.717, 1.165) is 126 Å². The lowest BCUT2D eigenvalue weighted by Crippen LogP contribution is -2.58. The topological polar surface area (TPSA) is 340 Å².